The Bertz CT molecular complexity index is 252. The van der Waals surface area contributed by atoms with Crippen LogP contribution in [0, 0.1) is 11.3 Å². The van der Waals surface area contributed by atoms with E-state index in [2.05, 4.69) is 5.32 Å². The number of carbonyl (C=O) groups is 2. The molecule has 0 rings (SSSR count). The van der Waals surface area contributed by atoms with Crippen LogP contribution in [0.1, 0.15) is 33.6 Å². The fraction of sp³-hybridized carbons (Fsp3) is 0.818. The van der Waals surface area contributed by atoms with Crippen LogP contribution in [0.3, 0.4) is 0 Å². The molecule has 0 aliphatic rings. The second kappa shape index (κ2) is 6.48. The van der Waals surface area contributed by atoms with Crippen molar-refractivity contribution in [2.45, 2.75) is 33.6 Å². The van der Waals surface area contributed by atoms with E-state index in [-0.39, 0.29) is 18.4 Å². The van der Waals surface area contributed by atoms with E-state index in [1.165, 1.54) is 0 Å². The first-order valence-electron chi connectivity index (χ1n) is 5.56. The van der Waals surface area contributed by atoms with Crippen LogP contribution in [0.4, 0.5) is 0 Å². The van der Waals surface area contributed by atoms with Crippen molar-refractivity contribution in [3.8, 4) is 0 Å². The SMILES string of the molecule is CCCC(CN)C(=O)NCC(C)(C)C(=O)O. The van der Waals surface area contributed by atoms with E-state index in [1.54, 1.807) is 13.8 Å². The van der Waals surface area contributed by atoms with Gasteiger partial charge in [-0.3, -0.25) is 9.59 Å². The molecule has 0 aliphatic carbocycles. The molecule has 1 amide bonds. The molecule has 0 fully saturated rings. The Hall–Kier alpha value is -1.10. The summed E-state index contributed by atoms with van der Waals surface area (Å²) in [5.74, 6) is -1.29. The summed E-state index contributed by atoms with van der Waals surface area (Å²) in [5.41, 5.74) is 4.54. The Morgan fingerprint density at radius 1 is 1.44 bits per heavy atom. The lowest BCUT2D eigenvalue weighted by Gasteiger charge is -2.21. The molecule has 5 nitrogen and oxygen atoms in total. The quantitative estimate of drug-likeness (QED) is 0.596. The van der Waals surface area contributed by atoms with Gasteiger partial charge < -0.3 is 16.2 Å². The molecule has 0 saturated carbocycles. The van der Waals surface area contributed by atoms with Gasteiger partial charge in [0.2, 0.25) is 5.91 Å². The van der Waals surface area contributed by atoms with Gasteiger partial charge >= 0.3 is 5.97 Å². The minimum atomic E-state index is -0.943. The van der Waals surface area contributed by atoms with Gasteiger partial charge in [-0.15, -0.1) is 0 Å². The highest BCUT2D eigenvalue weighted by molar-refractivity contribution is 5.80. The van der Waals surface area contributed by atoms with E-state index in [1.807, 2.05) is 6.92 Å². The monoisotopic (exact) mass is 230 g/mol. The number of carboxylic acids is 1. The molecule has 4 N–H and O–H groups in total. The first kappa shape index (κ1) is 14.9. The van der Waals surface area contributed by atoms with Gasteiger partial charge in [0, 0.05) is 13.1 Å². The Morgan fingerprint density at radius 2 is 2.00 bits per heavy atom. The Morgan fingerprint density at radius 3 is 2.38 bits per heavy atom. The lowest BCUT2D eigenvalue weighted by Crippen LogP contribution is -2.42. The Kier molecular flexibility index (Phi) is 6.03. The fourth-order valence-electron chi connectivity index (χ4n) is 1.23. The van der Waals surface area contributed by atoms with Crippen LogP contribution in [0.2, 0.25) is 0 Å². The standard InChI is InChI=1S/C11H22N2O3/c1-4-5-8(6-12)9(14)13-7-11(2,3)10(15)16/h8H,4-7,12H2,1-3H3,(H,13,14)(H,15,16). The number of carboxylic acid groups (broad SMARTS) is 1. The zero-order chi connectivity index (χ0) is 12.8. The smallest absolute Gasteiger partial charge is 0.310 e. The van der Waals surface area contributed by atoms with Crippen molar-refractivity contribution >= 4 is 11.9 Å². The van der Waals surface area contributed by atoms with Crippen molar-refractivity contribution in [3.05, 3.63) is 0 Å². The van der Waals surface area contributed by atoms with E-state index >= 15 is 0 Å². The highest BCUT2D eigenvalue weighted by atomic mass is 16.4. The van der Waals surface area contributed by atoms with E-state index in [4.69, 9.17) is 10.8 Å². The van der Waals surface area contributed by atoms with Crippen molar-refractivity contribution in [2.75, 3.05) is 13.1 Å². The first-order chi connectivity index (χ1) is 7.35. The molecule has 1 unspecified atom stereocenters. The highest BCUT2D eigenvalue weighted by Gasteiger charge is 2.28. The summed E-state index contributed by atoms with van der Waals surface area (Å²) < 4.78 is 0. The van der Waals surface area contributed by atoms with Crippen LogP contribution in [0.5, 0.6) is 0 Å². The molecule has 0 saturated heterocycles. The number of nitrogens with two attached hydrogens (primary N) is 1. The third-order valence-electron chi connectivity index (χ3n) is 2.58. The summed E-state index contributed by atoms with van der Waals surface area (Å²) in [6, 6.07) is 0. The number of hydrogen-bond donors (Lipinski definition) is 3. The summed E-state index contributed by atoms with van der Waals surface area (Å²) in [7, 11) is 0. The number of hydrogen-bond acceptors (Lipinski definition) is 3. The predicted octanol–water partition coefficient (Wildman–Crippen LogP) is 0.588. The van der Waals surface area contributed by atoms with Crippen molar-refractivity contribution in [1.29, 1.82) is 0 Å². The Labute approximate surface area is 96.4 Å². The van der Waals surface area contributed by atoms with Crippen LogP contribution in [0.15, 0.2) is 0 Å². The normalized spacial score (nSPS) is 13.2. The summed E-state index contributed by atoms with van der Waals surface area (Å²) in [4.78, 5) is 22.5. The van der Waals surface area contributed by atoms with Crippen LogP contribution < -0.4 is 11.1 Å². The topological polar surface area (TPSA) is 92.4 Å². The van der Waals surface area contributed by atoms with Gasteiger partial charge in [0.1, 0.15) is 0 Å². The van der Waals surface area contributed by atoms with Crippen LogP contribution >= 0.6 is 0 Å². The minimum absolute atomic E-state index is 0.126. The molecule has 0 aromatic rings. The molecule has 1 atom stereocenters. The minimum Gasteiger partial charge on any atom is -0.481 e. The average Bonchev–Trinajstić information content (AvgIpc) is 2.22. The zero-order valence-corrected chi connectivity index (χ0v) is 10.2. The van der Waals surface area contributed by atoms with Crippen molar-refractivity contribution in [1.82, 2.24) is 5.32 Å². The summed E-state index contributed by atoms with van der Waals surface area (Å²) in [6.45, 7) is 5.56. The molecule has 0 aromatic carbocycles. The second-order valence-corrected chi connectivity index (χ2v) is 4.63. The van der Waals surface area contributed by atoms with Crippen LogP contribution in [0.25, 0.3) is 0 Å². The summed E-state index contributed by atoms with van der Waals surface area (Å²) in [6.07, 6.45) is 1.62. The van der Waals surface area contributed by atoms with Gasteiger partial charge in [0.25, 0.3) is 0 Å². The van der Waals surface area contributed by atoms with E-state index in [0.717, 1.165) is 12.8 Å². The van der Waals surface area contributed by atoms with E-state index in [9.17, 15) is 9.59 Å². The molecular formula is C11H22N2O3. The third kappa shape index (κ3) is 4.61. The maximum atomic E-state index is 11.6. The van der Waals surface area contributed by atoms with Crippen molar-refractivity contribution in [3.63, 3.8) is 0 Å². The van der Waals surface area contributed by atoms with Crippen LogP contribution in [-0.4, -0.2) is 30.1 Å². The third-order valence-corrected chi connectivity index (χ3v) is 2.58. The van der Waals surface area contributed by atoms with Gasteiger partial charge in [-0.05, 0) is 20.3 Å². The maximum Gasteiger partial charge on any atom is 0.310 e. The molecule has 94 valence electrons. The van der Waals surface area contributed by atoms with Gasteiger partial charge in [-0.25, -0.2) is 0 Å². The second-order valence-electron chi connectivity index (χ2n) is 4.63. The van der Waals surface area contributed by atoms with E-state index < -0.39 is 11.4 Å². The average molecular weight is 230 g/mol. The number of amides is 1. The van der Waals surface area contributed by atoms with E-state index in [0.29, 0.717) is 6.54 Å². The molecule has 5 heteroatoms. The number of aliphatic carboxylic acids is 1. The number of carbonyl (C=O) groups excluding carboxylic acids is 1. The molecule has 0 aromatic heterocycles. The molecular weight excluding hydrogens is 208 g/mol. The number of rotatable bonds is 7. The predicted molar refractivity (Wildman–Crippen MR) is 61.9 cm³/mol. The van der Waals surface area contributed by atoms with Crippen molar-refractivity contribution in [2.24, 2.45) is 17.1 Å². The fourth-order valence-corrected chi connectivity index (χ4v) is 1.23. The van der Waals surface area contributed by atoms with Gasteiger partial charge in [0.15, 0.2) is 0 Å². The van der Waals surface area contributed by atoms with Gasteiger partial charge in [-0.1, -0.05) is 13.3 Å². The van der Waals surface area contributed by atoms with Gasteiger partial charge in [-0.2, -0.15) is 0 Å². The number of nitrogens with one attached hydrogen (secondary N) is 1. The van der Waals surface area contributed by atoms with Gasteiger partial charge in [0.05, 0.1) is 11.3 Å². The zero-order valence-electron chi connectivity index (χ0n) is 10.2. The molecule has 0 heterocycles. The highest BCUT2D eigenvalue weighted by Crippen LogP contribution is 2.14. The largest absolute Gasteiger partial charge is 0.481 e. The van der Waals surface area contributed by atoms with Crippen LogP contribution in [-0.2, 0) is 9.59 Å². The first-order valence-corrected chi connectivity index (χ1v) is 5.56. The summed E-state index contributed by atoms with van der Waals surface area (Å²) >= 11 is 0. The summed E-state index contributed by atoms with van der Waals surface area (Å²) in [5, 5.41) is 11.5. The lowest BCUT2D eigenvalue weighted by atomic mass is 9.93. The molecule has 0 aliphatic heterocycles. The molecule has 0 radical (unpaired) electrons. The maximum absolute atomic E-state index is 11.6. The molecule has 0 spiro atoms. The lowest BCUT2D eigenvalue weighted by molar-refractivity contribution is -0.146. The van der Waals surface area contributed by atoms with Crippen molar-refractivity contribution < 1.29 is 14.7 Å². The Balaban J connectivity index is 4.19. The molecule has 0 bridgehead atoms. The molecule has 16 heavy (non-hydrogen) atoms.